The Morgan fingerprint density at radius 1 is 1.08 bits per heavy atom. The highest BCUT2D eigenvalue weighted by atomic mass is 16.5. The fourth-order valence-electron chi connectivity index (χ4n) is 2.76. The van der Waals surface area contributed by atoms with Crippen LogP contribution in [-0.4, -0.2) is 51.0 Å². The summed E-state index contributed by atoms with van der Waals surface area (Å²) >= 11 is 0. The molecule has 9 heteroatoms. The number of aromatic amines is 1. The van der Waals surface area contributed by atoms with Gasteiger partial charge in [-0.2, -0.15) is 0 Å². The molecule has 1 fully saturated rings. The maximum Gasteiger partial charge on any atom is 0.329 e. The summed E-state index contributed by atoms with van der Waals surface area (Å²) in [6.07, 6.45) is 0. The number of ether oxygens (including phenoxy) is 1. The number of fused-ring (bicyclic) bond motifs is 1. The van der Waals surface area contributed by atoms with Crippen molar-refractivity contribution < 1.29 is 4.74 Å². The average Bonchev–Trinajstić information content (AvgIpc) is 2.67. The van der Waals surface area contributed by atoms with Gasteiger partial charge in [0.25, 0.3) is 5.56 Å². The molecule has 1 aliphatic rings. The predicted octanol–water partition coefficient (Wildman–Crippen LogP) is -0.0846. The maximum absolute atomic E-state index is 12.2. The van der Waals surface area contributed by atoms with Gasteiger partial charge in [-0.1, -0.05) is 0 Å². The van der Waals surface area contributed by atoms with E-state index in [9.17, 15) is 9.59 Å². The summed E-state index contributed by atoms with van der Waals surface area (Å²) in [5.74, 6) is 0.338. The molecule has 1 saturated heterocycles. The highest BCUT2D eigenvalue weighted by Gasteiger charge is 2.13. The van der Waals surface area contributed by atoms with E-state index in [1.54, 1.807) is 0 Å². The molecule has 9 nitrogen and oxygen atoms in total. The molecule has 1 aliphatic heterocycles. The third kappa shape index (κ3) is 2.78. The zero-order valence-electron chi connectivity index (χ0n) is 13.6. The Bertz CT molecular complexity index is 1030. The van der Waals surface area contributed by atoms with E-state index in [4.69, 9.17) is 4.74 Å². The Morgan fingerprint density at radius 3 is 2.52 bits per heavy atom. The standard InChI is InChI=1S/C16H16N6O3/c1-21-15(23)12-14(18-16(21)24)20-19-13(17-12)10-2-4-11(5-3-10)22-6-8-25-9-7-22/h2-5H,6-9H2,1H3,(H,18,20,24). The number of rotatable bonds is 2. The molecule has 0 unspecified atom stereocenters. The van der Waals surface area contributed by atoms with Gasteiger partial charge in [-0.15, -0.1) is 10.2 Å². The van der Waals surface area contributed by atoms with Crippen molar-refractivity contribution in [2.24, 2.45) is 7.05 Å². The Morgan fingerprint density at radius 2 is 1.80 bits per heavy atom. The number of aromatic nitrogens is 5. The molecule has 0 saturated carbocycles. The fourth-order valence-corrected chi connectivity index (χ4v) is 2.76. The molecule has 0 bridgehead atoms. The van der Waals surface area contributed by atoms with Gasteiger partial charge in [-0.05, 0) is 24.3 Å². The quantitative estimate of drug-likeness (QED) is 0.695. The lowest BCUT2D eigenvalue weighted by atomic mass is 10.2. The van der Waals surface area contributed by atoms with Gasteiger partial charge < -0.3 is 9.64 Å². The largest absolute Gasteiger partial charge is 0.378 e. The van der Waals surface area contributed by atoms with Crippen molar-refractivity contribution in [3.63, 3.8) is 0 Å². The van der Waals surface area contributed by atoms with E-state index < -0.39 is 11.2 Å². The van der Waals surface area contributed by atoms with E-state index in [2.05, 4.69) is 25.1 Å². The molecule has 0 radical (unpaired) electrons. The lowest BCUT2D eigenvalue weighted by Gasteiger charge is -2.28. The summed E-state index contributed by atoms with van der Waals surface area (Å²) < 4.78 is 6.32. The van der Waals surface area contributed by atoms with E-state index in [0.717, 1.165) is 42.1 Å². The number of nitrogens with zero attached hydrogens (tertiary/aromatic N) is 5. The molecule has 0 amide bonds. The maximum atomic E-state index is 12.2. The fraction of sp³-hybridized carbons (Fsp3) is 0.312. The molecule has 0 spiro atoms. The first-order valence-electron chi connectivity index (χ1n) is 7.90. The topological polar surface area (TPSA) is 106 Å². The average molecular weight is 340 g/mol. The first-order chi connectivity index (χ1) is 12.1. The van der Waals surface area contributed by atoms with Gasteiger partial charge in [0, 0.05) is 31.4 Å². The van der Waals surface area contributed by atoms with Crippen LogP contribution in [0, 0.1) is 0 Å². The molecule has 25 heavy (non-hydrogen) atoms. The summed E-state index contributed by atoms with van der Waals surface area (Å²) in [6, 6.07) is 7.76. The van der Waals surface area contributed by atoms with Crippen molar-refractivity contribution in [1.82, 2.24) is 24.7 Å². The minimum absolute atomic E-state index is 0.0850. The molecule has 1 N–H and O–H groups in total. The molecular weight excluding hydrogens is 324 g/mol. The van der Waals surface area contributed by atoms with Gasteiger partial charge in [0.1, 0.15) is 0 Å². The van der Waals surface area contributed by atoms with Crippen molar-refractivity contribution in [3.05, 3.63) is 45.1 Å². The first kappa shape index (κ1) is 15.5. The third-order valence-corrected chi connectivity index (χ3v) is 4.23. The van der Waals surface area contributed by atoms with E-state index in [-0.39, 0.29) is 11.2 Å². The summed E-state index contributed by atoms with van der Waals surface area (Å²) in [7, 11) is 1.39. The summed E-state index contributed by atoms with van der Waals surface area (Å²) in [6.45, 7) is 3.16. The molecule has 1 aromatic carbocycles. The normalized spacial score (nSPS) is 14.8. The molecule has 3 heterocycles. The molecule has 3 aromatic rings. The number of H-pyrrole nitrogens is 1. The summed E-state index contributed by atoms with van der Waals surface area (Å²) in [5, 5.41) is 7.94. The van der Waals surface area contributed by atoms with Crippen molar-refractivity contribution in [2.45, 2.75) is 0 Å². The first-order valence-corrected chi connectivity index (χ1v) is 7.90. The number of morpholine rings is 1. The molecule has 2 aromatic heterocycles. The Hall–Kier alpha value is -3.07. The smallest absolute Gasteiger partial charge is 0.329 e. The van der Waals surface area contributed by atoms with Crippen molar-refractivity contribution >= 4 is 16.9 Å². The molecular formula is C16H16N6O3. The third-order valence-electron chi connectivity index (χ3n) is 4.23. The summed E-state index contributed by atoms with van der Waals surface area (Å²) in [4.78, 5) is 32.8. The zero-order chi connectivity index (χ0) is 17.4. The Labute approximate surface area is 141 Å². The van der Waals surface area contributed by atoms with Crippen LogP contribution in [0.3, 0.4) is 0 Å². The molecule has 128 valence electrons. The molecule has 0 aliphatic carbocycles. The van der Waals surface area contributed by atoms with Crippen LogP contribution < -0.4 is 16.1 Å². The monoisotopic (exact) mass is 340 g/mol. The Balaban J connectivity index is 1.72. The van der Waals surface area contributed by atoms with Crippen LogP contribution in [-0.2, 0) is 11.8 Å². The van der Waals surface area contributed by atoms with Crippen molar-refractivity contribution in [1.29, 1.82) is 0 Å². The molecule has 0 atom stereocenters. The van der Waals surface area contributed by atoms with Crippen LogP contribution in [0.4, 0.5) is 5.69 Å². The van der Waals surface area contributed by atoms with Gasteiger partial charge in [-0.3, -0.25) is 14.3 Å². The van der Waals surface area contributed by atoms with Crippen LogP contribution in [0.2, 0.25) is 0 Å². The zero-order valence-corrected chi connectivity index (χ0v) is 13.6. The SMILES string of the molecule is Cn1c(=O)[nH]c2nnc(-c3ccc(N4CCOCC4)cc3)nc2c1=O. The van der Waals surface area contributed by atoms with Crippen LogP contribution in [0.15, 0.2) is 33.9 Å². The van der Waals surface area contributed by atoms with E-state index in [1.165, 1.54) is 7.05 Å². The van der Waals surface area contributed by atoms with Crippen LogP contribution in [0.25, 0.3) is 22.6 Å². The van der Waals surface area contributed by atoms with E-state index in [0.29, 0.717) is 5.82 Å². The highest BCUT2D eigenvalue weighted by Crippen LogP contribution is 2.21. The van der Waals surface area contributed by atoms with Gasteiger partial charge >= 0.3 is 5.69 Å². The highest BCUT2D eigenvalue weighted by molar-refractivity contribution is 5.70. The second kappa shape index (κ2) is 6.10. The number of anilines is 1. The number of nitrogens with one attached hydrogen (secondary N) is 1. The van der Waals surface area contributed by atoms with Gasteiger partial charge in [0.05, 0.1) is 13.2 Å². The van der Waals surface area contributed by atoms with Gasteiger partial charge in [0.2, 0.25) is 0 Å². The van der Waals surface area contributed by atoms with Crippen LogP contribution in [0.5, 0.6) is 0 Å². The number of benzene rings is 1. The number of hydrogen-bond acceptors (Lipinski definition) is 7. The number of hydrogen-bond donors (Lipinski definition) is 1. The minimum atomic E-state index is -0.545. The second-order valence-electron chi connectivity index (χ2n) is 5.77. The van der Waals surface area contributed by atoms with Crippen molar-refractivity contribution in [3.8, 4) is 11.4 Å². The summed E-state index contributed by atoms with van der Waals surface area (Å²) in [5.41, 5.74) is 0.975. The van der Waals surface area contributed by atoms with Crippen LogP contribution >= 0.6 is 0 Å². The van der Waals surface area contributed by atoms with E-state index >= 15 is 0 Å². The predicted molar refractivity (Wildman–Crippen MR) is 91.7 cm³/mol. The van der Waals surface area contributed by atoms with E-state index in [1.807, 2.05) is 24.3 Å². The van der Waals surface area contributed by atoms with Gasteiger partial charge in [-0.25, -0.2) is 9.78 Å². The minimum Gasteiger partial charge on any atom is -0.378 e. The Kier molecular flexibility index (Phi) is 3.77. The molecule has 4 rings (SSSR count). The second-order valence-corrected chi connectivity index (χ2v) is 5.77. The van der Waals surface area contributed by atoms with Crippen molar-refractivity contribution in [2.75, 3.05) is 31.2 Å². The lowest BCUT2D eigenvalue weighted by molar-refractivity contribution is 0.122. The van der Waals surface area contributed by atoms with Crippen LogP contribution in [0.1, 0.15) is 0 Å². The lowest BCUT2D eigenvalue weighted by Crippen LogP contribution is -2.36. The van der Waals surface area contributed by atoms with Gasteiger partial charge in [0.15, 0.2) is 17.0 Å².